The van der Waals surface area contributed by atoms with Gasteiger partial charge in [0.1, 0.15) is 10.5 Å². The third-order valence-corrected chi connectivity index (χ3v) is 6.81. The van der Waals surface area contributed by atoms with Crippen molar-refractivity contribution in [1.29, 1.82) is 0 Å². The summed E-state index contributed by atoms with van der Waals surface area (Å²) in [6.45, 7) is 9.33. The average Bonchev–Trinajstić information content (AvgIpc) is 3.30. The molecule has 0 atom stereocenters. The van der Waals surface area contributed by atoms with Gasteiger partial charge < -0.3 is 20.5 Å². The molecule has 0 radical (unpaired) electrons. The molecule has 2 amide bonds. The molecule has 0 aliphatic rings. The third-order valence-electron chi connectivity index (χ3n) is 5.77. The van der Waals surface area contributed by atoms with Crippen molar-refractivity contribution in [2.75, 3.05) is 17.2 Å². The number of nitrogens with zero attached hydrogens (tertiary/aromatic N) is 2. The number of amides is 2. The van der Waals surface area contributed by atoms with Crippen LogP contribution in [0.3, 0.4) is 0 Å². The van der Waals surface area contributed by atoms with Gasteiger partial charge in [-0.2, -0.15) is 0 Å². The van der Waals surface area contributed by atoms with Crippen LogP contribution in [0.2, 0.25) is 0 Å². The molecule has 0 aliphatic heterocycles. The van der Waals surface area contributed by atoms with Crippen LogP contribution in [0.1, 0.15) is 27.9 Å². The van der Waals surface area contributed by atoms with Crippen molar-refractivity contribution in [1.82, 2.24) is 14.9 Å². The predicted octanol–water partition coefficient (Wildman–Crippen LogP) is 5.04. The lowest BCUT2D eigenvalue weighted by molar-refractivity contribution is -0.111. The number of aryl methyl sites for hydroxylation is 3. The fourth-order valence-electron chi connectivity index (χ4n) is 4.04. The molecule has 2 aromatic carbocycles. The van der Waals surface area contributed by atoms with E-state index in [-0.39, 0.29) is 28.2 Å². The summed E-state index contributed by atoms with van der Waals surface area (Å²) in [6, 6.07) is 8.14. The van der Waals surface area contributed by atoms with Crippen LogP contribution in [0, 0.1) is 19.7 Å². The highest BCUT2D eigenvalue weighted by molar-refractivity contribution is 7.20. The average molecular weight is 520 g/mol. The number of benzene rings is 2. The van der Waals surface area contributed by atoms with Crippen molar-refractivity contribution in [3.05, 3.63) is 81.5 Å². The van der Waals surface area contributed by atoms with Crippen LogP contribution in [0.25, 0.3) is 21.3 Å². The van der Waals surface area contributed by atoms with Gasteiger partial charge in [0, 0.05) is 48.0 Å². The maximum absolute atomic E-state index is 13.9. The van der Waals surface area contributed by atoms with E-state index in [4.69, 9.17) is 0 Å². The summed E-state index contributed by atoms with van der Waals surface area (Å²) in [6.07, 6.45) is 2.82. The molecule has 4 aromatic rings. The molecular formula is C27H26FN5O3S. The standard InChI is InChI=1S/C27H26FN5O3S/c1-6-21(34)30-17-8-9-20(31-22-14(3)10-16(28)11-15(22)4)18(12-17)19-13-33(5)27(36)24-23(19)32-26(37-24)25(35)29-7-2/h6,8-13,31H,1,7H2,2-5H3,(H,29,35)(H,30,34). The zero-order valence-electron chi connectivity index (χ0n) is 20.9. The van der Waals surface area contributed by atoms with Gasteiger partial charge in [-0.1, -0.05) is 6.58 Å². The number of hydrogen-bond donors (Lipinski definition) is 3. The monoisotopic (exact) mass is 519 g/mol. The molecule has 0 aliphatic carbocycles. The number of hydrogen-bond acceptors (Lipinski definition) is 6. The Hall–Kier alpha value is -4.31. The molecule has 4 rings (SSSR count). The first kappa shape index (κ1) is 25.8. The molecular weight excluding hydrogens is 493 g/mol. The fraction of sp³-hybridized carbons (Fsp3) is 0.185. The molecule has 0 saturated heterocycles. The Morgan fingerprint density at radius 2 is 1.86 bits per heavy atom. The minimum atomic E-state index is -0.380. The van der Waals surface area contributed by atoms with E-state index < -0.39 is 0 Å². The van der Waals surface area contributed by atoms with Crippen LogP contribution in [0.15, 0.2) is 54.0 Å². The van der Waals surface area contributed by atoms with Gasteiger partial charge in [0.2, 0.25) is 5.91 Å². The van der Waals surface area contributed by atoms with E-state index in [1.54, 1.807) is 52.2 Å². The Morgan fingerprint density at radius 3 is 2.51 bits per heavy atom. The van der Waals surface area contributed by atoms with E-state index in [0.717, 1.165) is 17.0 Å². The Morgan fingerprint density at radius 1 is 1.16 bits per heavy atom. The van der Waals surface area contributed by atoms with Crippen LogP contribution in [0.5, 0.6) is 0 Å². The van der Waals surface area contributed by atoms with Gasteiger partial charge in [-0.15, -0.1) is 11.3 Å². The highest BCUT2D eigenvalue weighted by Gasteiger charge is 2.21. The lowest BCUT2D eigenvalue weighted by Crippen LogP contribution is -2.22. The largest absolute Gasteiger partial charge is 0.355 e. The summed E-state index contributed by atoms with van der Waals surface area (Å²) in [7, 11) is 1.63. The van der Waals surface area contributed by atoms with Crippen LogP contribution in [-0.4, -0.2) is 27.9 Å². The van der Waals surface area contributed by atoms with E-state index in [1.165, 1.54) is 22.8 Å². The Bertz CT molecular complexity index is 1600. The van der Waals surface area contributed by atoms with E-state index in [0.29, 0.717) is 50.4 Å². The maximum Gasteiger partial charge on any atom is 0.280 e. The van der Waals surface area contributed by atoms with Crippen LogP contribution < -0.4 is 21.5 Å². The number of carbonyl (C=O) groups is 2. The minimum Gasteiger partial charge on any atom is -0.355 e. The zero-order valence-corrected chi connectivity index (χ0v) is 21.7. The summed E-state index contributed by atoms with van der Waals surface area (Å²) in [5.41, 5.74) is 4.60. The van der Waals surface area contributed by atoms with Gasteiger partial charge in [-0.05, 0) is 68.3 Å². The molecule has 0 spiro atoms. The number of carbonyl (C=O) groups excluding carboxylic acids is 2. The Balaban J connectivity index is 1.97. The molecule has 2 aromatic heterocycles. The number of rotatable bonds is 7. The maximum atomic E-state index is 13.9. The number of anilines is 3. The number of halogens is 1. The predicted molar refractivity (Wildman–Crippen MR) is 146 cm³/mol. The normalized spacial score (nSPS) is 10.8. The molecule has 37 heavy (non-hydrogen) atoms. The summed E-state index contributed by atoms with van der Waals surface area (Å²) < 4.78 is 15.7. The first-order valence-corrected chi connectivity index (χ1v) is 12.3. The fourth-order valence-corrected chi connectivity index (χ4v) is 5.02. The van der Waals surface area contributed by atoms with E-state index in [9.17, 15) is 18.8 Å². The highest BCUT2D eigenvalue weighted by Crippen LogP contribution is 2.38. The lowest BCUT2D eigenvalue weighted by Gasteiger charge is -2.18. The van der Waals surface area contributed by atoms with Gasteiger partial charge in [0.25, 0.3) is 11.5 Å². The molecule has 10 heteroatoms. The Kier molecular flexibility index (Phi) is 7.21. The van der Waals surface area contributed by atoms with Gasteiger partial charge in [-0.25, -0.2) is 9.37 Å². The number of pyridine rings is 1. The van der Waals surface area contributed by atoms with E-state index in [2.05, 4.69) is 27.5 Å². The molecule has 2 heterocycles. The lowest BCUT2D eigenvalue weighted by atomic mass is 10.0. The highest BCUT2D eigenvalue weighted by atomic mass is 32.1. The second-order valence-electron chi connectivity index (χ2n) is 8.51. The molecule has 0 bridgehead atoms. The van der Waals surface area contributed by atoms with Crippen molar-refractivity contribution in [3.8, 4) is 11.1 Å². The molecule has 0 fully saturated rings. The summed E-state index contributed by atoms with van der Waals surface area (Å²) >= 11 is 1.03. The molecule has 3 N–H and O–H groups in total. The summed E-state index contributed by atoms with van der Waals surface area (Å²) in [4.78, 5) is 42.0. The number of nitrogens with one attached hydrogen (secondary N) is 3. The third kappa shape index (κ3) is 5.14. The van der Waals surface area contributed by atoms with Crippen molar-refractivity contribution in [3.63, 3.8) is 0 Å². The SMILES string of the molecule is C=CC(=O)Nc1ccc(Nc2c(C)cc(F)cc2C)c(-c2cn(C)c(=O)c3sc(C(=O)NCC)nc23)c1. The number of thiazole rings is 1. The zero-order chi connectivity index (χ0) is 26.9. The first-order valence-electron chi connectivity index (χ1n) is 11.5. The number of aromatic nitrogens is 2. The topological polar surface area (TPSA) is 105 Å². The van der Waals surface area contributed by atoms with Crippen molar-refractivity contribution in [2.45, 2.75) is 20.8 Å². The minimum absolute atomic E-state index is 0.178. The van der Waals surface area contributed by atoms with E-state index in [1.807, 2.05) is 0 Å². The van der Waals surface area contributed by atoms with Crippen molar-refractivity contribution in [2.24, 2.45) is 7.05 Å². The molecule has 8 nitrogen and oxygen atoms in total. The van der Waals surface area contributed by atoms with Crippen LogP contribution in [0.4, 0.5) is 21.5 Å². The quantitative estimate of drug-likeness (QED) is 0.297. The van der Waals surface area contributed by atoms with Gasteiger partial charge in [0.15, 0.2) is 5.01 Å². The van der Waals surface area contributed by atoms with E-state index >= 15 is 0 Å². The second kappa shape index (κ2) is 10.4. The molecule has 0 saturated carbocycles. The molecule has 0 unspecified atom stereocenters. The Labute approximate surface area is 216 Å². The van der Waals surface area contributed by atoms with Crippen molar-refractivity contribution < 1.29 is 14.0 Å². The van der Waals surface area contributed by atoms with Gasteiger partial charge in [-0.3, -0.25) is 14.4 Å². The van der Waals surface area contributed by atoms with Crippen molar-refractivity contribution >= 4 is 50.4 Å². The van der Waals surface area contributed by atoms with Crippen LogP contribution in [-0.2, 0) is 11.8 Å². The number of fused-ring (bicyclic) bond motifs is 1. The first-order chi connectivity index (χ1) is 17.6. The van der Waals surface area contributed by atoms with Crippen LogP contribution >= 0.6 is 11.3 Å². The smallest absolute Gasteiger partial charge is 0.280 e. The molecule has 190 valence electrons. The summed E-state index contributed by atoms with van der Waals surface area (Å²) in [5.74, 6) is -1.07. The summed E-state index contributed by atoms with van der Waals surface area (Å²) in [5, 5.41) is 9.03. The van der Waals surface area contributed by atoms with Gasteiger partial charge >= 0.3 is 0 Å². The second-order valence-corrected chi connectivity index (χ2v) is 9.51. The van der Waals surface area contributed by atoms with Gasteiger partial charge in [0.05, 0.1) is 5.52 Å².